The Bertz CT molecular complexity index is 718. The highest BCUT2D eigenvalue weighted by atomic mass is 15.2. The predicted octanol–water partition coefficient (Wildman–Crippen LogP) is 3.41. The molecule has 0 spiro atoms. The Morgan fingerprint density at radius 1 is 1.07 bits per heavy atom. The number of aryl methyl sites for hydroxylation is 1. The molecule has 1 aliphatic heterocycles. The van der Waals surface area contributed by atoms with Gasteiger partial charge in [0, 0.05) is 38.4 Å². The van der Waals surface area contributed by atoms with Gasteiger partial charge < -0.3 is 15.5 Å². The van der Waals surface area contributed by atoms with E-state index in [0.29, 0.717) is 6.04 Å². The molecule has 0 unspecified atom stereocenters. The number of guanidine groups is 1. The maximum Gasteiger partial charge on any atom is 0.191 e. The SMILES string of the molecule is CCNC(=NCCc1ccc(CC)cc1)NC1CCN(c2ccccn2)CC1. The van der Waals surface area contributed by atoms with Gasteiger partial charge in [-0.1, -0.05) is 37.3 Å². The van der Waals surface area contributed by atoms with Crippen molar-refractivity contribution in [2.24, 2.45) is 4.99 Å². The van der Waals surface area contributed by atoms with Crippen LogP contribution in [0.5, 0.6) is 0 Å². The lowest BCUT2D eigenvalue weighted by atomic mass is 10.1. The summed E-state index contributed by atoms with van der Waals surface area (Å²) in [6, 6.07) is 15.5. The quantitative estimate of drug-likeness (QED) is 0.572. The molecule has 0 aliphatic carbocycles. The van der Waals surface area contributed by atoms with Gasteiger partial charge in [-0.2, -0.15) is 0 Å². The Balaban J connectivity index is 1.48. The zero-order valence-electron chi connectivity index (χ0n) is 17.2. The highest BCUT2D eigenvalue weighted by Crippen LogP contribution is 2.17. The maximum absolute atomic E-state index is 4.79. The normalized spacial score (nSPS) is 15.5. The van der Waals surface area contributed by atoms with Crippen LogP contribution in [0, 0.1) is 0 Å². The molecule has 2 N–H and O–H groups in total. The number of rotatable bonds is 7. The fourth-order valence-corrected chi connectivity index (χ4v) is 3.55. The summed E-state index contributed by atoms with van der Waals surface area (Å²) in [5, 5.41) is 7.02. The average molecular weight is 380 g/mol. The van der Waals surface area contributed by atoms with Crippen molar-refractivity contribution in [3.63, 3.8) is 0 Å². The second kappa shape index (κ2) is 10.7. The molecular weight excluding hydrogens is 346 g/mol. The molecule has 28 heavy (non-hydrogen) atoms. The lowest BCUT2D eigenvalue weighted by Crippen LogP contribution is -2.49. The van der Waals surface area contributed by atoms with Crippen molar-refractivity contribution in [1.29, 1.82) is 0 Å². The number of nitrogens with zero attached hydrogens (tertiary/aromatic N) is 3. The first-order chi connectivity index (χ1) is 13.8. The summed E-state index contributed by atoms with van der Waals surface area (Å²) in [7, 11) is 0. The minimum Gasteiger partial charge on any atom is -0.357 e. The van der Waals surface area contributed by atoms with Gasteiger partial charge in [0.15, 0.2) is 5.96 Å². The van der Waals surface area contributed by atoms with Gasteiger partial charge in [-0.05, 0) is 55.9 Å². The van der Waals surface area contributed by atoms with E-state index < -0.39 is 0 Å². The summed E-state index contributed by atoms with van der Waals surface area (Å²) < 4.78 is 0. The van der Waals surface area contributed by atoms with Crippen molar-refractivity contribution in [1.82, 2.24) is 15.6 Å². The summed E-state index contributed by atoms with van der Waals surface area (Å²) >= 11 is 0. The predicted molar refractivity (Wildman–Crippen MR) is 118 cm³/mol. The summed E-state index contributed by atoms with van der Waals surface area (Å²) in [5.41, 5.74) is 2.74. The van der Waals surface area contributed by atoms with E-state index in [1.807, 2.05) is 12.3 Å². The van der Waals surface area contributed by atoms with Crippen LogP contribution in [0.3, 0.4) is 0 Å². The van der Waals surface area contributed by atoms with Crippen LogP contribution in [0.15, 0.2) is 53.7 Å². The second-order valence-electron chi connectivity index (χ2n) is 7.27. The largest absolute Gasteiger partial charge is 0.357 e. The molecule has 0 radical (unpaired) electrons. The third-order valence-electron chi connectivity index (χ3n) is 5.25. The van der Waals surface area contributed by atoms with Crippen LogP contribution in [-0.2, 0) is 12.8 Å². The van der Waals surface area contributed by atoms with E-state index in [4.69, 9.17) is 4.99 Å². The molecule has 1 aromatic carbocycles. The standard InChI is InChI=1S/C23H33N5/c1-3-19-8-10-20(11-9-19)12-16-26-23(24-4-2)27-21-13-17-28(18-14-21)22-7-5-6-15-25-22/h5-11,15,21H,3-4,12-14,16-18H2,1-2H3,(H2,24,26,27). The van der Waals surface area contributed by atoms with Gasteiger partial charge in [-0.25, -0.2) is 4.98 Å². The van der Waals surface area contributed by atoms with Crippen molar-refractivity contribution in [3.8, 4) is 0 Å². The summed E-state index contributed by atoms with van der Waals surface area (Å²) in [5.74, 6) is 2.01. The molecule has 150 valence electrons. The number of benzene rings is 1. The van der Waals surface area contributed by atoms with Crippen LogP contribution in [-0.4, -0.2) is 43.2 Å². The summed E-state index contributed by atoms with van der Waals surface area (Å²) in [6.45, 7) is 8.03. The highest BCUT2D eigenvalue weighted by molar-refractivity contribution is 5.80. The Morgan fingerprint density at radius 3 is 2.46 bits per heavy atom. The average Bonchev–Trinajstić information content (AvgIpc) is 2.75. The number of pyridine rings is 1. The van der Waals surface area contributed by atoms with Crippen molar-refractivity contribution < 1.29 is 0 Å². The van der Waals surface area contributed by atoms with E-state index in [9.17, 15) is 0 Å². The molecular formula is C23H33N5. The maximum atomic E-state index is 4.79. The van der Waals surface area contributed by atoms with Crippen LogP contribution in [0.25, 0.3) is 0 Å². The minimum absolute atomic E-state index is 0.460. The molecule has 0 bridgehead atoms. The number of hydrogen-bond donors (Lipinski definition) is 2. The molecule has 0 amide bonds. The Hall–Kier alpha value is -2.56. The van der Waals surface area contributed by atoms with E-state index in [2.05, 4.69) is 70.8 Å². The minimum atomic E-state index is 0.460. The number of nitrogens with one attached hydrogen (secondary N) is 2. The molecule has 1 fully saturated rings. The number of aliphatic imine (C=N–C) groups is 1. The molecule has 5 heteroatoms. The van der Waals surface area contributed by atoms with Gasteiger partial charge in [0.05, 0.1) is 0 Å². The van der Waals surface area contributed by atoms with Gasteiger partial charge in [-0.3, -0.25) is 4.99 Å². The topological polar surface area (TPSA) is 52.6 Å². The second-order valence-corrected chi connectivity index (χ2v) is 7.27. The molecule has 2 aromatic rings. The van der Waals surface area contributed by atoms with E-state index >= 15 is 0 Å². The highest BCUT2D eigenvalue weighted by Gasteiger charge is 2.20. The molecule has 1 aromatic heterocycles. The van der Waals surface area contributed by atoms with E-state index in [0.717, 1.165) is 63.6 Å². The Kier molecular flexibility index (Phi) is 7.71. The third kappa shape index (κ3) is 5.98. The van der Waals surface area contributed by atoms with Gasteiger partial charge in [0.2, 0.25) is 0 Å². The molecule has 3 rings (SSSR count). The fourth-order valence-electron chi connectivity index (χ4n) is 3.55. The zero-order chi connectivity index (χ0) is 19.6. The van der Waals surface area contributed by atoms with Crippen molar-refractivity contribution in [2.75, 3.05) is 31.1 Å². The van der Waals surface area contributed by atoms with E-state index in [1.165, 1.54) is 11.1 Å². The molecule has 2 heterocycles. The van der Waals surface area contributed by atoms with Crippen molar-refractivity contribution in [2.45, 2.75) is 45.6 Å². The Labute approximate surface area is 169 Å². The molecule has 1 aliphatic rings. The van der Waals surface area contributed by atoms with Crippen LogP contribution >= 0.6 is 0 Å². The molecule has 0 atom stereocenters. The zero-order valence-corrected chi connectivity index (χ0v) is 17.2. The van der Waals surface area contributed by atoms with Gasteiger partial charge in [0.25, 0.3) is 0 Å². The van der Waals surface area contributed by atoms with E-state index in [1.54, 1.807) is 0 Å². The van der Waals surface area contributed by atoms with Crippen molar-refractivity contribution >= 4 is 11.8 Å². The van der Waals surface area contributed by atoms with Gasteiger partial charge in [0.1, 0.15) is 5.82 Å². The number of aromatic nitrogens is 1. The summed E-state index contributed by atoms with van der Waals surface area (Å²) in [6.07, 6.45) is 6.12. The van der Waals surface area contributed by atoms with Crippen LogP contribution in [0.1, 0.15) is 37.8 Å². The number of piperidine rings is 1. The molecule has 5 nitrogen and oxygen atoms in total. The Morgan fingerprint density at radius 2 is 1.82 bits per heavy atom. The van der Waals surface area contributed by atoms with Crippen LogP contribution < -0.4 is 15.5 Å². The molecule has 1 saturated heterocycles. The number of anilines is 1. The first kappa shape index (κ1) is 20.2. The summed E-state index contributed by atoms with van der Waals surface area (Å²) in [4.78, 5) is 11.6. The lowest BCUT2D eigenvalue weighted by molar-refractivity contribution is 0.459. The van der Waals surface area contributed by atoms with Gasteiger partial charge in [-0.15, -0.1) is 0 Å². The third-order valence-corrected chi connectivity index (χ3v) is 5.25. The molecule has 0 saturated carbocycles. The van der Waals surface area contributed by atoms with Crippen LogP contribution in [0.4, 0.5) is 5.82 Å². The first-order valence-corrected chi connectivity index (χ1v) is 10.6. The van der Waals surface area contributed by atoms with Crippen LogP contribution in [0.2, 0.25) is 0 Å². The van der Waals surface area contributed by atoms with Gasteiger partial charge >= 0.3 is 0 Å². The smallest absolute Gasteiger partial charge is 0.191 e. The van der Waals surface area contributed by atoms with Crippen molar-refractivity contribution in [3.05, 3.63) is 59.8 Å². The number of hydrogen-bond acceptors (Lipinski definition) is 3. The first-order valence-electron chi connectivity index (χ1n) is 10.6. The lowest BCUT2D eigenvalue weighted by Gasteiger charge is -2.33. The fraction of sp³-hybridized carbons (Fsp3) is 0.478. The monoisotopic (exact) mass is 379 g/mol. The van der Waals surface area contributed by atoms with E-state index in [-0.39, 0.29) is 0 Å².